The van der Waals surface area contributed by atoms with Gasteiger partial charge >= 0.3 is 0 Å². The normalized spacial score (nSPS) is 20.6. The topological polar surface area (TPSA) is 69.6 Å². The molecule has 1 atom stereocenters. The molecular weight excluding hydrogens is 422 g/mol. The second-order valence-electron chi connectivity index (χ2n) is 8.66. The van der Waals surface area contributed by atoms with Crippen molar-refractivity contribution in [3.8, 4) is 0 Å². The first-order chi connectivity index (χ1) is 15.5. The Morgan fingerprint density at radius 3 is 2.28 bits per heavy atom. The lowest BCUT2D eigenvalue weighted by Crippen LogP contribution is -2.49. The minimum absolute atomic E-state index is 0.379. The third-order valence-corrected chi connectivity index (χ3v) is 8.62. The Hall–Kier alpha value is -2.71. The third-order valence-electron chi connectivity index (χ3n) is 6.66. The molecule has 32 heavy (non-hydrogen) atoms. The number of benzene rings is 2. The molecule has 7 nitrogen and oxygen atoms in total. The van der Waals surface area contributed by atoms with Crippen LogP contribution in [0.2, 0.25) is 0 Å². The smallest absolute Gasteiger partial charge is 0.243 e. The summed E-state index contributed by atoms with van der Waals surface area (Å²) < 4.78 is 28.3. The molecule has 3 aromatic rings. The van der Waals surface area contributed by atoms with Gasteiger partial charge in [0.1, 0.15) is 0 Å². The number of piperidine rings is 1. The highest BCUT2D eigenvalue weighted by atomic mass is 32.2. The van der Waals surface area contributed by atoms with Crippen LogP contribution in [0.4, 0.5) is 11.6 Å². The van der Waals surface area contributed by atoms with E-state index in [4.69, 9.17) is 0 Å². The number of nitrogens with zero attached hydrogens (tertiary/aromatic N) is 5. The van der Waals surface area contributed by atoms with Crippen LogP contribution in [0.25, 0.3) is 10.8 Å². The lowest BCUT2D eigenvalue weighted by Gasteiger charge is -2.36. The van der Waals surface area contributed by atoms with Crippen LogP contribution in [0.5, 0.6) is 0 Å². The number of hydrogen-bond acceptors (Lipinski definition) is 6. The summed E-state index contributed by atoms with van der Waals surface area (Å²) >= 11 is 0. The van der Waals surface area contributed by atoms with Gasteiger partial charge in [0.2, 0.25) is 10.0 Å². The van der Waals surface area contributed by atoms with Crippen molar-refractivity contribution < 1.29 is 8.42 Å². The predicted octanol–water partition coefficient (Wildman–Crippen LogP) is 3.52. The maximum Gasteiger partial charge on any atom is 0.243 e. The molecule has 0 spiro atoms. The van der Waals surface area contributed by atoms with E-state index in [9.17, 15) is 8.42 Å². The predicted molar refractivity (Wildman–Crippen MR) is 128 cm³/mol. The number of fused-ring (bicyclic) bond motifs is 1. The largest absolute Gasteiger partial charge is 0.352 e. The zero-order valence-corrected chi connectivity index (χ0v) is 19.2. The second kappa shape index (κ2) is 8.67. The van der Waals surface area contributed by atoms with E-state index in [1.165, 1.54) is 19.3 Å². The SMILES string of the molecule is CC1CCCCN1c1ccc(N2CCN(S(=O)(=O)c3cccc4ccccc34)CC2)nn1. The van der Waals surface area contributed by atoms with Gasteiger partial charge in [-0.25, -0.2) is 8.42 Å². The lowest BCUT2D eigenvalue weighted by atomic mass is 10.0. The molecule has 2 aliphatic heterocycles. The minimum atomic E-state index is -3.56. The fourth-order valence-electron chi connectivity index (χ4n) is 4.80. The average Bonchev–Trinajstić information content (AvgIpc) is 2.84. The number of sulfonamides is 1. The highest BCUT2D eigenvalue weighted by Crippen LogP contribution is 2.28. The fraction of sp³-hybridized carbons (Fsp3) is 0.417. The highest BCUT2D eigenvalue weighted by Gasteiger charge is 2.30. The van der Waals surface area contributed by atoms with Crippen LogP contribution >= 0.6 is 0 Å². The summed E-state index contributed by atoms with van der Waals surface area (Å²) in [6.45, 7) is 5.32. The standard InChI is InChI=1S/C24H29N5O2S/c1-19-7-4-5-14-29(19)24-13-12-23(25-26-24)27-15-17-28(18-16-27)32(30,31)22-11-6-9-20-8-2-3-10-21(20)22/h2-3,6,8-13,19H,4-5,7,14-18H2,1H3. The van der Waals surface area contributed by atoms with Gasteiger partial charge in [0.15, 0.2) is 11.6 Å². The Morgan fingerprint density at radius 1 is 0.812 bits per heavy atom. The minimum Gasteiger partial charge on any atom is -0.352 e. The van der Waals surface area contributed by atoms with E-state index in [-0.39, 0.29) is 0 Å². The quantitative estimate of drug-likeness (QED) is 0.605. The maximum atomic E-state index is 13.4. The molecule has 168 valence electrons. The van der Waals surface area contributed by atoms with Crippen molar-refractivity contribution in [3.63, 3.8) is 0 Å². The number of aromatic nitrogens is 2. The molecule has 0 N–H and O–H groups in total. The van der Waals surface area contributed by atoms with Crippen LogP contribution in [0.3, 0.4) is 0 Å². The van der Waals surface area contributed by atoms with Crippen molar-refractivity contribution in [2.75, 3.05) is 42.5 Å². The second-order valence-corrected chi connectivity index (χ2v) is 10.6. The van der Waals surface area contributed by atoms with Gasteiger partial charge in [-0.05, 0) is 49.8 Å². The Balaban J connectivity index is 1.28. The average molecular weight is 452 g/mol. The van der Waals surface area contributed by atoms with Crippen molar-refractivity contribution in [3.05, 3.63) is 54.6 Å². The number of hydrogen-bond donors (Lipinski definition) is 0. The van der Waals surface area contributed by atoms with Gasteiger partial charge in [-0.1, -0.05) is 36.4 Å². The molecule has 0 saturated carbocycles. The van der Waals surface area contributed by atoms with Crippen LogP contribution in [0.15, 0.2) is 59.5 Å². The number of rotatable bonds is 4. The van der Waals surface area contributed by atoms with E-state index < -0.39 is 10.0 Å². The van der Waals surface area contributed by atoms with Gasteiger partial charge in [-0.15, -0.1) is 10.2 Å². The van der Waals surface area contributed by atoms with E-state index in [0.29, 0.717) is 37.1 Å². The Kier molecular flexibility index (Phi) is 5.73. The number of anilines is 2. The third kappa shape index (κ3) is 3.93. The van der Waals surface area contributed by atoms with E-state index >= 15 is 0 Å². The first-order valence-electron chi connectivity index (χ1n) is 11.4. The highest BCUT2D eigenvalue weighted by molar-refractivity contribution is 7.89. The van der Waals surface area contributed by atoms with E-state index in [0.717, 1.165) is 29.0 Å². The van der Waals surface area contributed by atoms with E-state index in [2.05, 4.69) is 26.9 Å². The first-order valence-corrected chi connectivity index (χ1v) is 12.8. The zero-order chi connectivity index (χ0) is 22.1. The van der Waals surface area contributed by atoms with E-state index in [1.807, 2.05) is 48.5 Å². The van der Waals surface area contributed by atoms with Gasteiger partial charge < -0.3 is 9.80 Å². The summed E-state index contributed by atoms with van der Waals surface area (Å²) in [6.07, 6.45) is 3.66. The summed E-state index contributed by atoms with van der Waals surface area (Å²) in [7, 11) is -3.56. The molecule has 0 radical (unpaired) electrons. The van der Waals surface area contributed by atoms with Crippen LogP contribution in [0, 0.1) is 0 Å². The molecule has 0 amide bonds. The molecule has 1 aromatic heterocycles. The number of piperazine rings is 1. The molecule has 0 aliphatic carbocycles. The van der Waals surface area contributed by atoms with Gasteiger partial charge in [-0.2, -0.15) is 4.31 Å². The summed E-state index contributed by atoms with van der Waals surface area (Å²) in [6, 6.07) is 17.6. The van der Waals surface area contributed by atoms with Gasteiger partial charge in [0.05, 0.1) is 4.90 Å². The molecule has 5 rings (SSSR count). The van der Waals surface area contributed by atoms with Crippen molar-refractivity contribution in [1.29, 1.82) is 0 Å². The summed E-state index contributed by atoms with van der Waals surface area (Å²) in [4.78, 5) is 4.82. The Bertz CT molecular complexity index is 1190. The van der Waals surface area contributed by atoms with Gasteiger partial charge in [0, 0.05) is 44.2 Å². The van der Waals surface area contributed by atoms with Crippen LogP contribution in [-0.2, 0) is 10.0 Å². The molecule has 2 aromatic carbocycles. The first kappa shape index (κ1) is 21.2. The lowest BCUT2D eigenvalue weighted by molar-refractivity contribution is 0.384. The van der Waals surface area contributed by atoms with Crippen molar-refractivity contribution >= 4 is 32.4 Å². The Morgan fingerprint density at radius 2 is 1.53 bits per heavy atom. The summed E-state index contributed by atoms with van der Waals surface area (Å²) in [5.41, 5.74) is 0. The fourth-order valence-corrected chi connectivity index (χ4v) is 6.43. The monoisotopic (exact) mass is 451 g/mol. The molecule has 0 bridgehead atoms. The molecule has 3 heterocycles. The summed E-state index contributed by atoms with van der Waals surface area (Å²) in [5.74, 6) is 1.73. The maximum absolute atomic E-state index is 13.4. The van der Waals surface area contributed by atoms with E-state index in [1.54, 1.807) is 10.4 Å². The molecule has 8 heteroatoms. The van der Waals surface area contributed by atoms with Gasteiger partial charge in [0.25, 0.3) is 0 Å². The molecule has 2 saturated heterocycles. The molecular formula is C24H29N5O2S. The molecule has 2 aliphatic rings. The zero-order valence-electron chi connectivity index (χ0n) is 18.4. The van der Waals surface area contributed by atoms with Crippen LogP contribution in [0.1, 0.15) is 26.2 Å². The summed E-state index contributed by atoms with van der Waals surface area (Å²) in [5, 5.41) is 10.6. The van der Waals surface area contributed by atoms with Crippen molar-refractivity contribution in [1.82, 2.24) is 14.5 Å². The van der Waals surface area contributed by atoms with Gasteiger partial charge in [-0.3, -0.25) is 0 Å². The molecule has 1 unspecified atom stereocenters. The van der Waals surface area contributed by atoms with Crippen LogP contribution < -0.4 is 9.80 Å². The molecule has 2 fully saturated rings. The van der Waals surface area contributed by atoms with Crippen LogP contribution in [-0.4, -0.2) is 61.7 Å². The van der Waals surface area contributed by atoms with Crippen molar-refractivity contribution in [2.45, 2.75) is 37.1 Å². The Labute approximate surface area is 189 Å². The van der Waals surface area contributed by atoms with Crippen molar-refractivity contribution in [2.24, 2.45) is 0 Å².